The van der Waals surface area contributed by atoms with Crippen molar-refractivity contribution < 1.29 is 23.4 Å². The van der Waals surface area contributed by atoms with Gasteiger partial charge in [-0.05, 0) is 30.4 Å². The summed E-state index contributed by atoms with van der Waals surface area (Å²) in [7, 11) is 4.66. The van der Waals surface area contributed by atoms with Gasteiger partial charge in [-0.3, -0.25) is 4.79 Å². The van der Waals surface area contributed by atoms with E-state index in [1.807, 2.05) is 24.3 Å². The number of para-hydroxylation sites is 1. The Balaban J connectivity index is 1.91. The van der Waals surface area contributed by atoms with Crippen LogP contribution in [0.15, 0.2) is 53.0 Å². The van der Waals surface area contributed by atoms with E-state index in [-0.39, 0.29) is 11.5 Å². The Bertz CT molecular complexity index is 903. The Hall–Kier alpha value is -3.21. The van der Waals surface area contributed by atoms with Crippen LogP contribution in [0.2, 0.25) is 0 Å². The average Bonchev–Trinajstić information content (AvgIpc) is 3.09. The van der Waals surface area contributed by atoms with Crippen LogP contribution in [0.25, 0.3) is 17.0 Å². The molecule has 0 unspecified atom stereocenters. The maximum atomic E-state index is 12.4. The van der Waals surface area contributed by atoms with Crippen molar-refractivity contribution in [2.75, 3.05) is 21.3 Å². The van der Waals surface area contributed by atoms with Gasteiger partial charge in [0.1, 0.15) is 11.3 Å². The highest BCUT2D eigenvalue weighted by Crippen LogP contribution is 2.35. The van der Waals surface area contributed by atoms with Crippen molar-refractivity contribution in [2.45, 2.75) is 0 Å². The summed E-state index contributed by atoms with van der Waals surface area (Å²) < 4.78 is 21.5. The first-order valence-corrected chi connectivity index (χ1v) is 7.67. The van der Waals surface area contributed by atoms with Crippen molar-refractivity contribution in [3.8, 4) is 17.2 Å². The van der Waals surface area contributed by atoms with Crippen molar-refractivity contribution in [2.24, 2.45) is 0 Å². The number of rotatable bonds is 6. The molecule has 0 radical (unpaired) electrons. The summed E-state index contributed by atoms with van der Waals surface area (Å²) in [6.07, 6.45) is 3.11. The number of carbonyl (C=O) groups excluding carboxylic acids is 1. The van der Waals surface area contributed by atoms with Gasteiger partial charge in [0.25, 0.3) is 0 Å². The molecule has 3 aromatic rings. The third-order valence-corrected chi connectivity index (χ3v) is 3.82. The van der Waals surface area contributed by atoms with Crippen LogP contribution in [0.3, 0.4) is 0 Å². The molecule has 2 aromatic carbocycles. The van der Waals surface area contributed by atoms with E-state index in [1.165, 1.54) is 6.08 Å². The van der Waals surface area contributed by atoms with E-state index in [2.05, 4.69) is 0 Å². The van der Waals surface area contributed by atoms with Crippen molar-refractivity contribution in [3.63, 3.8) is 0 Å². The molecule has 3 rings (SSSR count). The maximum absolute atomic E-state index is 12.4. The Kier molecular flexibility index (Phi) is 4.75. The van der Waals surface area contributed by atoms with Crippen molar-refractivity contribution in [3.05, 3.63) is 59.9 Å². The number of furan rings is 1. The highest BCUT2D eigenvalue weighted by atomic mass is 16.5. The second kappa shape index (κ2) is 7.13. The molecule has 1 aromatic heterocycles. The van der Waals surface area contributed by atoms with E-state index in [0.29, 0.717) is 28.4 Å². The normalized spacial score (nSPS) is 11.0. The summed E-state index contributed by atoms with van der Waals surface area (Å²) in [5, 5.41) is 0.892. The summed E-state index contributed by atoms with van der Waals surface area (Å²) in [6, 6.07) is 12.7. The van der Waals surface area contributed by atoms with Crippen LogP contribution in [0.4, 0.5) is 0 Å². The zero-order chi connectivity index (χ0) is 17.8. The third-order valence-electron chi connectivity index (χ3n) is 3.82. The van der Waals surface area contributed by atoms with Gasteiger partial charge in [-0.1, -0.05) is 18.2 Å². The third kappa shape index (κ3) is 3.35. The first-order chi connectivity index (χ1) is 12.2. The van der Waals surface area contributed by atoms with Gasteiger partial charge in [-0.2, -0.15) is 0 Å². The van der Waals surface area contributed by atoms with Gasteiger partial charge in [0.2, 0.25) is 5.78 Å². The number of benzene rings is 2. The van der Waals surface area contributed by atoms with E-state index in [1.54, 1.807) is 45.6 Å². The molecule has 0 spiro atoms. The van der Waals surface area contributed by atoms with Crippen LogP contribution in [0.1, 0.15) is 16.1 Å². The molecule has 0 saturated carbocycles. The summed E-state index contributed by atoms with van der Waals surface area (Å²) in [6.45, 7) is 0. The lowest BCUT2D eigenvalue weighted by Gasteiger charge is -2.11. The van der Waals surface area contributed by atoms with E-state index in [9.17, 15) is 4.79 Å². The first-order valence-electron chi connectivity index (χ1n) is 7.67. The molecule has 0 amide bonds. The number of carbonyl (C=O) groups is 1. The molecule has 128 valence electrons. The maximum Gasteiger partial charge on any atom is 0.221 e. The number of fused-ring (bicyclic) bond motifs is 1. The van der Waals surface area contributed by atoms with Crippen LogP contribution in [0, 0.1) is 0 Å². The predicted molar refractivity (Wildman–Crippen MR) is 95.7 cm³/mol. The number of methoxy groups -OCH3 is 3. The minimum absolute atomic E-state index is 0.229. The van der Waals surface area contributed by atoms with Crippen LogP contribution in [-0.2, 0) is 0 Å². The Morgan fingerprint density at radius 1 is 0.920 bits per heavy atom. The second-order valence-electron chi connectivity index (χ2n) is 5.30. The average molecular weight is 338 g/mol. The number of allylic oxidation sites excluding steroid dienone is 1. The summed E-state index contributed by atoms with van der Waals surface area (Å²) in [5.41, 5.74) is 1.38. The van der Waals surface area contributed by atoms with Crippen LogP contribution in [-0.4, -0.2) is 27.1 Å². The summed E-state index contributed by atoms with van der Waals surface area (Å²) >= 11 is 0. The lowest BCUT2D eigenvalue weighted by molar-refractivity contribution is 0.102. The molecular formula is C20H18O5. The molecule has 0 atom stereocenters. The van der Waals surface area contributed by atoms with Crippen LogP contribution in [0.5, 0.6) is 17.2 Å². The van der Waals surface area contributed by atoms with Crippen molar-refractivity contribution >= 4 is 22.8 Å². The number of hydrogen-bond acceptors (Lipinski definition) is 5. The van der Waals surface area contributed by atoms with E-state index in [0.717, 1.165) is 5.39 Å². The van der Waals surface area contributed by atoms with Gasteiger partial charge >= 0.3 is 0 Å². The lowest BCUT2D eigenvalue weighted by Crippen LogP contribution is -1.95. The molecule has 1 heterocycles. The molecule has 0 bridgehead atoms. The standard InChI is InChI=1S/C20H18O5/c1-22-17-12-20(24-3)19(23-2)11-14(17)8-9-15(21)18-10-13-6-4-5-7-16(13)25-18/h4-12H,1-3H3/b9-8+. The predicted octanol–water partition coefficient (Wildman–Crippen LogP) is 4.35. The van der Waals surface area contributed by atoms with E-state index >= 15 is 0 Å². The summed E-state index contributed by atoms with van der Waals surface area (Å²) in [4.78, 5) is 12.4. The van der Waals surface area contributed by atoms with E-state index in [4.69, 9.17) is 18.6 Å². The SMILES string of the molecule is COc1cc(OC)c(OC)cc1/C=C/C(=O)c1cc2ccccc2o1. The molecule has 0 fully saturated rings. The van der Waals surface area contributed by atoms with Crippen molar-refractivity contribution in [1.29, 1.82) is 0 Å². The minimum Gasteiger partial charge on any atom is -0.496 e. The van der Waals surface area contributed by atoms with Crippen molar-refractivity contribution in [1.82, 2.24) is 0 Å². The van der Waals surface area contributed by atoms with Crippen LogP contribution >= 0.6 is 0 Å². The molecule has 0 aliphatic heterocycles. The van der Waals surface area contributed by atoms with Gasteiger partial charge in [0, 0.05) is 17.0 Å². The molecule has 25 heavy (non-hydrogen) atoms. The van der Waals surface area contributed by atoms with Gasteiger partial charge in [0.15, 0.2) is 17.3 Å². The molecule has 0 aliphatic carbocycles. The highest BCUT2D eigenvalue weighted by molar-refractivity contribution is 6.07. The lowest BCUT2D eigenvalue weighted by atomic mass is 10.1. The first kappa shape index (κ1) is 16.6. The smallest absolute Gasteiger partial charge is 0.221 e. The topological polar surface area (TPSA) is 57.9 Å². The molecule has 0 N–H and O–H groups in total. The van der Waals surface area contributed by atoms with Gasteiger partial charge in [-0.15, -0.1) is 0 Å². The van der Waals surface area contributed by atoms with Crippen LogP contribution < -0.4 is 14.2 Å². The largest absolute Gasteiger partial charge is 0.496 e. The highest BCUT2D eigenvalue weighted by Gasteiger charge is 2.12. The number of ketones is 1. The fourth-order valence-electron chi connectivity index (χ4n) is 2.53. The molecular weight excluding hydrogens is 320 g/mol. The Morgan fingerprint density at radius 2 is 1.60 bits per heavy atom. The fraction of sp³-hybridized carbons (Fsp3) is 0.150. The minimum atomic E-state index is -0.229. The summed E-state index contributed by atoms with van der Waals surface area (Å²) in [5.74, 6) is 1.75. The fourth-order valence-corrected chi connectivity index (χ4v) is 2.53. The Morgan fingerprint density at radius 3 is 2.28 bits per heavy atom. The molecule has 5 nitrogen and oxygen atoms in total. The quantitative estimate of drug-likeness (QED) is 0.494. The zero-order valence-corrected chi connectivity index (χ0v) is 14.2. The number of ether oxygens (including phenoxy) is 3. The Labute approximate surface area is 145 Å². The van der Waals surface area contributed by atoms with Gasteiger partial charge < -0.3 is 18.6 Å². The second-order valence-corrected chi connectivity index (χ2v) is 5.30. The molecule has 0 aliphatic rings. The monoisotopic (exact) mass is 338 g/mol. The van der Waals surface area contributed by atoms with Gasteiger partial charge in [-0.25, -0.2) is 0 Å². The molecule has 0 saturated heterocycles. The number of hydrogen-bond donors (Lipinski definition) is 0. The van der Waals surface area contributed by atoms with E-state index < -0.39 is 0 Å². The zero-order valence-electron chi connectivity index (χ0n) is 14.2. The molecule has 5 heteroatoms. The van der Waals surface area contributed by atoms with Gasteiger partial charge in [0.05, 0.1) is 21.3 Å².